The minimum Gasteiger partial charge on any atom is -0.398 e. The number of carbonyl (C=O) groups excluding carboxylic acids is 1. The maximum atomic E-state index is 11.6. The number of hydrogen-bond acceptors (Lipinski definition) is 3. The lowest BCUT2D eigenvalue weighted by atomic mass is 10.3. The monoisotopic (exact) mass is 273 g/mol. The van der Waals surface area contributed by atoms with Gasteiger partial charge in [0.2, 0.25) is 5.91 Å². The van der Waals surface area contributed by atoms with E-state index < -0.39 is 8.56 Å². The molecule has 4 nitrogen and oxygen atoms in total. The van der Waals surface area contributed by atoms with Crippen molar-refractivity contribution in [3.05, 3.63) is 12.2 Å². The second-order valence-corrected chi connectivity index (χ2v) is 8.73. The first kappa shape index (κ1) is 17.3. The SMILES string of the molecule is C=C(C)C(=O)NC(C)C[Si](CC(C)C)(OC)OC. The summed E-state index contributed by atoms with van der Waals surface area (Å²) in [7, 11) is 1.18. The molecule has 5 heteroatoms. The van der Waals surface area contributed by atoms with Gasteiger partial charge >= 0.3 is 8.56 Å². The van der Waals surface area contributed by atoms with Crippen LogP contribution in [0.5, 0.6) is 0 Å². The van der Waals surface area contributed by atoms with Gasteiger partial charge < -0.3 is 14.2 Å². The Morgan fingerprint density at radius 2 is 1.72 bits per heavy atom. The van der Waals surface area contributed by atoms with Crippen LogP contribution in [0.1, 0.15) is 27.7 Å². The molecule has 0 fully saturated rings. The highest BCUT2D eigenvalue weighted by Gasteiger charge is 2.38. The van der Waals surface area contributed by atoms with E-state index in [1.807, 2.05) is 6.92 Å². The van der Waals surface area contributed by atoms with Gasteiger partial charge in [0.05, 0.1) is 0 Å². The van der Waals surface area contributed by atoms with E-state index in [0.29, 0.717) is 11.5 Å². The average molecular weight is 273 g/mol. The van der Waals surface area contributed by atoms with Gasteiger partial charge in [-0.15, -0.1) is 0 Å². The third-order valence-corrected chi connectivity index (χ3v) is 7.01. The Morgan fingerprint density at radius 1 is 1.22 bits per heavy atom. The van der Waals surface area contributed by atoms with Crippen molar-refractivity contribution in [2.75, 3.05) is 14.2 Å². The Bertz CT molecular complexity index is 288. The van der Waals surface area contributed by atoms with Crippen molar-refractivity contribution >= 4 is 14.5 Å². The molecule has 0 saturated heterocycles. The maximum Gasteiger partial charge on any atom is 0.339 e. The topological polar surface area (TPSA) is 47.6 Å². The van der Waals surface area contributed by atoms with E-state index in [4.69, 9.17) is 8.85 Å². The summed E-state index contributed by atoms with van der Waals surface area (Å²) in [6, 6.07) is 1.70. The molecule has 0 saturated carbocycles. The fraction of sp³-hybridized carbons (Fsp3) is 0.769. The number of amides is 1. The lowest BCUT2D eigenvalue weighted by Crippen LogP contribution is -2.47. The van der Waals surface area contributed by atoms with Gasteiger partial charge in [-0.25, -0.2) is 0 Å². The van der Waals surface area contributed by atoms with Crippen LogP contribution in [-0.2, 0) is 13.6 Å². The van der Waals surface area contributed by atoms with Gasteiger partial charge in [0.1, 0.15) is 0 Å². The molecule has 18 heavy (non-hydrogen) atoms. The lowest BCUT2D eigenvalue weighted by molar-refractivity contribution is -0.117. The summed E-state index contributed by atoms with van der Waals surface area (Å²) >= 11 is 0. The number of hydrogen-bond donors (Lipinski definition) is 1. The summed E-state index contributed by atoms with van der Waals surface area (Å²) in [6.45, 7) is 11.6. The predicted octanol–water partition coefficient (Wildman–Crippen LogP) is 2.46. The molecule has 0 rings (SSSR count). The molecular formula is C13H27NO3Si. The molecule has 1 unspecified atom stereocenters. The van der Waals surface area contributed by atoms with Gasteiger partial charge in [0.15, 0.2) is 0 Å². The Balaban J connectivity index is 4.58. The second-order valence-electron chi connectivity index (χ2n) is 5.28. The van der Waals surface area contributed by atoms with Crippen LogP contribution in [0.2, 0.25) is 12.1 Å². The first-order valence-electron chi connectivity index (χ1n) is 6.33. The summed E-state index contributed by atoms with van der Waals surface area (Å²) in [5.41, 5.74) is 0.521. The number of carbonyl (C=O) groups is 1. The van der Waals surface area contributed by atoms with Crippen molar-refractivity contribution in [1.82, 2.24) is 5.32 Å². The minimum atomic E-state index is -2.22. The molecule has 0 aromatic rings. The molecule has 0 aliphatic carbocycles. The van der Waals surface area contributed by atoms with Gasteiger partial charge in [-0.3, -0.25) is 4.79 Å². The standard InChI is InChI=1S/C13H27NO3Si/c1-10(2)8-18(16-6,17-7)9-12(5)14-13(15)11(3)4/h10,12H,3,8-9H2,1-2,4-7H3,(H,14,15). The summed E-state index contributed by atoms with van der Waals surface area (Å²) in [5.74, 6) is 0.405. The fourth-order valence-electron chi connectivity index (χ4n) is 1.99. The Labute approximate surface area is 112 Å². The minimum absolute atomic E-state index is 0.0273. The van der Waals surface area contributed by atoms with Crippen LogP contribution in [0.15, 0.2) is 12.2 Å². The van der Waals surface area contributed by atoms with Crippen molar-refractivity contribution < 1.29 is 13.6 Å². The van der Waals surface area contributed by atoms with Crippen molar-refractivity contribution in [2.45, 2.75) is 45.8 Å². The highest BCUT2D eigenvalue weighted by atomic mass is 28.4. The van der Waals surface area contributed by atoms with E-state index in [2.05, 4.69) is 25.7 Å². The van der Waals surface area contributed by atoms with E-state index >= 15 is 0 Å². The first-order chi connectivity index (χ1) is 8.26. The van der Waals surface area contributed by atoms with Crippen LogP contribution in [-0.4, -0.2) is 34.7 Å². The number of rotatable bonds is 8. The zero-order chi connectivity index (χ0) is 14.3. The van der Waals surface area contributed by atoms with Gasteiger partial charge in [-0.05, 0) is 25.8 Å². The maximum absolute atomic E-state index is 11.6. The Kier molecular flexibility index (Phi) is 7.43. The highest BCUT2D eigenvalue weighted by molar-refractivity contribution is 6.67. The quantitative estimate of drug-likeness (QED) is 0.546. The van der Waals surface area contributed by atoms with Crippen LogP contribution in [0.4, 0.5) is 0 Å². The third-order valence-electron chi connectivity index (χ3n) is 2.85. The molecule has 106 valence electrons. The van der Waals surface area contributed by atoms with Crippen LogP contribution in [0.25, 0.3) is 0 Å². The summed E-state index contributed by atoms with van der Waals surface area (Å²) in [6.07, 6.45) is 0. The van der Waals surface area contributed by atoms with E-state index in [1.54, 1.807) is 21.1 Å². The zero-order valence-corrected chi connectivity index (χ0v) is 13.5. The normalized spacial score (nSPS) is 13.5. The largest absolute Gasteiger partial charge is 0.398 e. The first-order valence-corrected chi connectivity index (χ1v) is 8.56. The molecule has 0 aromatic heterocycles. The fourth-order valence-corrected chi connectivity index (χ4v) is 5.27. The molecular weight excluding hydrogens is 246 g/mol. The number of nitrogens with one attached hydrogen (secondary N) is 1. The molecule has 0 bridgehead atoms. The third kappa shape index (κ3) is 5.80. The van der Waals surface area contributed by atoms with Crippen molar-refractivity contribution in [1.29, 1.82) is 0 Å². The molecule has 1 atom stereocenters. The van der Waals surface area contributed by atoms with Gasteiger partial charge in [-0.2, -0.15) is 0 Å². The van der Waals surface area contributed by atoms with Crippen LogP contribution in [0.3, 0.4) is 0 Å². The highest BCUT2D eigenvalue weighted by Crippen LogP contribution is 2.24. The van der Waals surface area contributed by atoms with Crippen LogP contribution in [0, 0.1) is 5.92 Å². The molecule has 1 amide bonds. The molecule has 0 heterocycles. The van der Waals surface area contributed by atoms with Gasteiger partial charge in [0, 0.05) is 31.9 Å². The van der Waals surface area contributed by atoms with E-state index in [1.165, 1.54) is 0 Å². The van der Waals surface area contributed by atoms with E-state index in [9.17, 15) is 4.79 Å². The van der Waals surface area contributed by atoms with Crippen molar-refractivity contribution in [2.24, 2.45) is 5.92 Å². The average Bonchev–Trinajstić information content (AvgIpc) is 2.26. The lowest BCUT2D eigenvalue weighted by Gasteiger charge is -2.31. The zero-order valence-electron chi connectivity index (χ0n) is 12.5. The van der Waals surface area contributed by atoms with Crippen LogP contribution < -0.4 is 5.32 Å². The van der Waals surface area contributed by atoms with Crippen molar-refractivity contribution in [3.63, 3.8) is 0 Å². The van der Waals surface area contributed by atoms with Crippen LogP contribution >= 0.6 is 0 Å². The molecule has 0 aromatic carbocycles. The smallest absolute Gasteiger partial charge is 0.339 e. The molecule has 0 aliphatic rings. The molecule has 0 spiro atoms. The Morgan fingerprint density at radius 3 is 2.06 bits per heavy atom. The second kappa shape index (κ2) is 7.71. The van der Waals surface area contributed by atoms with Gasteiger partial charge in [-0.1, -0.05) is 20.4 Å². The van der Waals surface area contributed by atoms with E-state index in [0.717, 1.165) is 12.1 Å². The van der Waals surface area contributed by atoms with E-state index in [-0.39, 0.29) is 11.9 Å². The summed E-state index contributed by atoms with van der Waals surface area (Å²) in [5, 5.41) is 2.91. The predicted molar refractivity (Wildman–Crippen MR) is 76.6 cm³/mol. The summed E-state index contributed by atoms with van der Waals surface area (Å²) < 4.78 is 11.3. The van der Waals surface area contributed by atoms with Crippen molar-refractivity contribution in [3.8, 4) is 0 Å². The Hall–Kier alpha value is -0.653. The molecule has 1 N–H and O–H groups in total. The van der Waals surface area contributed by atoms with Gasteiger partial charge in [0.25, 0.3) is 0 Å². The summed E-state index contributed by atoms with van der Waals surface area (Å²) in [4.78, 5) is 11.6. The molecule has 0 aliphatic heterocycles. The molecule has 0 radical (unpaired) electrons.